The molecule has 0 aliphatic carbocycles. The Morgan fingerprint density at radius 2 is 2.08 bits per heavy atom. The topological polar surface area (TPSA) is 67.2 Å². The number of nitrogens with one attached hydrogen (secondary N) is 1. The zero-order valence-corrected chi connectivity index (χ0v) is 14.1. The van der Waals surface area contributed by atoms with Crippen LogP contribution in [0.4, 0.5) is 0 Å². The first-order chi connectivity index (χ1) is 12.2. The van der Waals surface area contributed by atoms with Crippen LogP contribution < -0.4 is 5.32 Å². The molecule has 25 heavy (non-hydrogen) atoms. The molecule has 4 rings (SSSR count). The van der Waals surface area contributed by atoms with E-state index in [1.807, 2.05) is 36.5 Å². The van der Waals surface area contributed by atoms with Crippen LogP contribution >= 0.6 is 0 Å². The molecule has 2 aliphatic rings. The maximum Gasteiger partial charge on any atom is 0.225 e. The number of aryl methyl sites for hydroxylation is 1. The molecule has 0 saturated carbocycles. The van der Waals surface area contributed by atoms with E-state index in [9.17, 15) is 9.59 Å². The van der Waals surface area contributed by atoms with Gasteiger partial charge >= 0.3 is 0 Å². The van der Waals surface area contributed by atoms with E-state index in [1.165, 1.54) is 0 Å². The van der Waals surface area contributed by atoms with E-state index in [-0.39, 0.29) is 23.8 Å². The first-order valence-electron chi connectivity index (χ1n) is 8.81. The Labute approximate surface area is 146 Å². The molecule has 2 amide bonds. The highest BCUT2D eigenvalue weighted by Gasteiger charge is 2.35. The molecule has 6 nitrogen and oxygen atoms in total. The van der Waals surface area contributed by atoms with Crippen LogP contribution in [0.3, 0.4) is 0 Å². The molecule has 1 saturated heterocycles. The quantitative estimate of drug-likeness (QED) is 0.915. The van der Waals surface area contributed by atoms with Crippen LogP contribution in [0.15, 0.2) is 42.7 Å². The Bertz CT molecular complexity index is 771. The Balaban J connectivity index is 1.33. The number of carbonyl (C=O) groups excluding carboxylic acids is 2. The number of benzene rings is 1. The molecule has 6 heteroatoms. The van der Waals surface area contributed by atoms with Gasteiger partial charge in [-0.3, -0.25) is 9.59 Å². The van der Waals surface area contributed by atoms with Crippen molar-refractivity contribution in [2.75, 3.05) is 6.54 Å². The van der Waals surface area contributed by atoms with Gasteiger partial charge in [0.2, 0.25) is 11.8 Å². The van der Waals surface area contributed by atoms with Crippen molar-refractivity contribution in [1.29, 1.82) is 0 Å². The molecule has 1 aromatic heterocycles. The zero-order chi connectivity index (χ0) is 17.2. The normalized spacial score (nSPS) is 22.7. The molecule has 1 fully saturated rings. The molecular weight excluding hydrogens is 316 g/mol. The minimum atomic E-state index is -0.250. The summed E-state index contributed by atoms with van der Waals surface area (Å²) in [6.07, 6.45) is 5.84. The molecule has 130 valence electrons. The van der Waals surface area contributed by atoms with Crippen LogP contribution in [-0.4, -0.2) is 38.9 Å². The van der Waals surface area contributed by atoms with Gasteiger partial charge in [-0.15, -0.1) is 0 Å². The molecule has 1 aromatic carbocycles. The lowest BCUT2D eigenvalue weighted by Crippen LogP contribution is -2.44. The third kappa shape index (κ3) is 3.43. The largest absolute Gasteiger partial charge is 0.351 e. The standard InChI is InChI=1S/C19H22N4O2/c24-18-10-15(12-23(18)11-14-4-2-1-3-5-14)19(25)21-16-6-7-17-20-8-9-22(17)13-16/h1-5,8-9,15-16H,6-7,10-13H2,(H,21,25)/t15-,16+/m0/s1. The lowest BCUT2D eigenvalue weighted by molar-refractivity contribution is -0.129. The average Bonchev–Trinajstić information content (AvgIpc) is 3.22. The molecule has 0 radical (unpaired) electrons. The summed E-state index contributed by atoms with van der Waals surface area (Å²) in [7, 11) is 0. The first-order valence-corrected chi connectivity index (χ1v) is 8.81. The van der Waals surface area contributed by atoms with Gasteiger partial charge in [0.25, 0.3) is 0 Å². The fourth-order valence-corrected chi connectivity index (χ4v) is 3.71. The first kappa shape index (κ1) is 15.9. The van der Waals surface area contributed by atoms with Gasteiger partial charge in [-0.1, -0.05) is 30.3 Å². The van der Waals surface area contributed by atoms with Gasteiger partial charge < -0.3 is 14.8 Å². The fourth-order valence-electron chi connectivity index (χ4n) is 3.71. The molecule has 2 atom stereocenters. The Morgan fingerprint density at radius 3 is 2.92 bits per heavy atom. The number of nitrogens with zero attached hydrogens (tertiary/aromatic N) is 3. The minimum Gasteiger partial charge on any atom is -0.351 e. The number of amides is 2. The number of likely N-dealkylation sites (tertiary alicyclic amines) is 1. The molecular formula is C19H22N4O2. The molecule has 2 aromatic rings. The summed E-state index contributed by atoms with van der Waals surface area (Å²) >= 11 is 0. The Kier molecular flexibility index (Phi) is 4.26. The molecule has 3 heterocycles. The van der Waals surface area contributed by atoms with E-state index >= 15 is 0 Å². The minimum absolute atomic E-state index is 0.00234. The van der Waals surface area contributed by atoms with Crippen molar-refractivity contribution in [2.45, 2.75) is 38.4 Å². The summed E-state index contributed by atoms with van der Waals surface area (Å²) in [5, 5.41) is 3.13. The monoisotopic (exact) mass is 338 g/mol. The van der Waals surface area contributed by atoms with Gasteiger partial charge in [-0.2, -0.15) is 0 Å². The third-order valence-corrected chi connectivity index (χ3v) is 5.08. The second kappa shape index (κ2) is 6.70. The van der Waals surface area contributed by atoms with Crippen molar-refractivity contribution in [2.24, 2.45) is 5.92 Å². The number of aromatic nitrogens is 2. The fraction of sp³-hybridized carbons (Fsp3) is 0.421. The summed E-state index contributed by atoms with van der Waals surface area (Å²) in [5.41, 5.74) is 1.09. The van der Waals surface area contributed by atoms with Crippen molar-refractivity contribution in [3.8, 4) is 0 Å². The van der Waals surface area contributed by atoms with E-state index < -0.39 is 0 Å². The van der Waals surface area contributed by atoms with Crippen LogP contribution in [0, 0.1) is 5.92 Å². The van der Waals surface area contributed by atoms with Crippen molar-refractivity contribution >= 4 is 11.8 Å². The summed E-state index contributed by atoms with van der Waals surface area (Å²) in [5.74, 6) is 0.887. The Hall–Kier alpha value is -2.63. The smallest absolute Gasteiger partial charge is 0.225 e. The van der Waals surface area contributed by atoms with Gasteiger partial charge in [-0.25, -0.2) is 4.98 Å². The second-order valence-electron chi connectivity index (χ2n) is 6.90. The number of hydrogen-bond acceptors (Lipinski definition) is 3. The van der Waals surface area contributed by atoms with Crippen molar-refractivity contribution in [1.82, 2.24) is 19.8 Å². The number of fused-ring (bicyclic) bond motifs is 1. The van der Waals surface area contributed by atoms with E-state index in [0.29, 0.717) is 19.5 Å². The molecule has 0 bridgehead atoms. The molecule has 2 aliphatic heterocycles. The lowest BCUT2D eigenvalue weighted by atomic mass is 10.0. The SMILES string of the molecule is O=C(N[C@@H]1CCc2nccn2C1)[C@H]1CC(=O)N(Cc2ccccc2)C1. The average molecular weight is 338 g/mol. The predicted octanol–water partition coefficient (Wildman–Crippen LogP) is 1.36. The number of hydrogen-bond donors (Lipinski definition) is 1. The van der Waals surface area contributed by atoms with Gasteiger partial charge in [0, 0.05) is 50.9 Å². The number of rotatable bonds is 4. The molecule has 0 spiro atoms. The van der Waals surface area contributed by atoms with Crippen LogP contribution in [0.2, 0.25) is 0 Å². The van der Waals surface area contributed by atoms with Crippen LogP contribution in [0.5, 0.6) is 0 Å². The number of carbonyl (C=O) groups is 2. The van der Waals surface area contributed by atoms with Crippen LogP contribution in [0.25, 0.3) is 0 Å². The third-order valence-electron chi connectivity index (χ3n) is 5.08. The van der Waals surface area contributed by atoms with E-state index in [2.05, 4.69) is 14.9 Å². The highest BCUT2D eigenvalue weighted by Crippen LogP contribution is 2.21. The van der Waals surface area contributed by atoms with Gasteiger partial charge in [0.15, 0.2) is 0 Å². The predicted molar refractivity (Wildman–Crippen MR) is 92.4 cm³/mol. The van der Waals surface area contributed by atoms with Crippen molar-refractivity contribution < 1.29 is 9.59 Å². The zero-order valence-electron chi connectivity index (χ0n) is 14.1. The Morgan fingerprint density at radius 1 is 1.24 bits per heavy atom. The molecule has 1 N–H and O–H groups in total. The summed E-state index contributed by atoms with van der Waals surface area (Å²) in [4.78, 5) is 30.9. The van der Waals surface area contributed by atoms with E-state index in [4.69, 9.17) is 0 Å². The maximum atomic E-state index is 12.6. The van der Waals surface area contributed by atoms with Crippen molar-refractivity contribution in [3.63, 3.8) is 0 Å². The highest BCUT2D eigenvalue weighted by atomic mass is 16.2. The van der Waals surface area contributed by atoms with Gasteiger partial charge in [-0.05, 0) is 12.0 Å². The van der Waals surface area contributed by atoms with Gasteiger partial charge in [0.05, 0.1) is 5.92 Å². The van der Waals surface area contributed by atoms with E-state index in [1.54, 1.807) is 11.1 Å². The van der Waals surface area contributed by atoms with Crippen molar-refractivity contribution in [3.05, 3.63) is 54.1 Å². The van der Waals surface area contributed by atoms with Gasteiger partial charge in [0.1, 0.15) is 5.82 Å². The lowest BCUT2D eigenvalue weighted by Gasteiger charge is -2.26. The van der Waals surface area contributed by atoms with Crippen LogP contribution in [-0.2, 0) is 29.1 Å². The summed E-state index contributed by atoms with van der Waals surface area (Å²) in [6, 6.07) is 10.0. The number of imidazole rings is 1. The second-order valence-corrected chi connectivity index (χ2v) is 6.90. The maximum absolute atomic E-state index is 12.6. The summed E-state index contributed by atoms with van der Waals surface area (Å²) < 4.78 is 2.09. The van der Waals surface area contributed by atoms with Crippen LogP contribution in [0.1, 0.15) is 24.2 Å². The van der Waals surface area contributed by atoms with E-state index in [0.717, 1.165) is 30.8 Å². The summed E-state index contributed by atoms with van der Waals surface area (Å²) in [6.45, 7) is 1.84. The molecule has 0 unspecified atom stereocenters. The highest BCUT2D eigenvalue weighted by molar-refractivity contribution is 5.89.